The number of esters is 1. The van der Waals surface area contributed by atoms with Crippen LogP contribution in [0.15, 0.2) is 36.0 Å². The van der Waals surface area contributed by atoms with E-state index in [-0.39, 0.29) is 30.0 Å². The Morgan fingerprint density at radius 3 is 2.62 bits per heavy atom. The lowest BCUT2D eigenvalue weighted by Gasteiger charge is -2.44. The molecule has 0 aromatic carbocycles. The van der Waals surface area contributed by atoms with Gasteiger partial charge in [-0.05, 0) is 42.2 Å². The Morgan fingerprint density at radius 2 is 2.00 bits per heavy atom. The quantitative estimate of drug-likeness (QED) is 0.362. The Morgan fingerprint density at radius 1 is 1.31 bits per heavy atom. The van der Waals surface area contributed by atoms with Gasteiger partial charge in [-0.2, -0.15) is 0 Å². The molecule has 29 heavy (non-hydrogen) atoms. The number of carbonyl (C=O) groups excluding carboxylic acids is 1. The van der Waals surface area contributed by atoms with Crippen LogP contribution in [0.3, 0.4) is 0 Å². The van der Waals surface area contributed by atoms with Gasteiger partial charge in [0.15, 0.2) is 6.29 Å². The van der Waals surface area contributed by atoms with Crippen LogP contribution in [-0.2, 0) is 19.0 Å². The van der Waals surface area contributed by atoms with Gasteiger partial charge >= 0.3 is 5.97 Å². The van der Waals surface area contributed by atoms with Crippen LogP contribution in [-0.4, -0.2) is 76.4 Å². The molecule has 1 saturated heterocycles. The fraction of sp³-hybridized carbons (Fsp3) is 0.667. The Hall–Kier alpha value is -1.55. The molecule has 0 aromatic heterocycles. The minimum absolute atomic E-state index is 0.0303. The van der Waals surface area contributed by atoms with E-state index < -0.39 is 37.3 Å². The molecule has 8 nitrogen and oxygen atoms in total. The highest BCUT2D eigenvalue weighted by atomic mass is 16.7. The SMILES string of the molecule is C=C[C@]1(C)C[C@@H]2OC(=O)C(C)=C2C[C@H]1C(=C)CO[C@@H]1OC(CO)[C@@H](O)[C@H](O)C1O. The van der Waals surface area contributed by atoms with Crippen molar-refractivity contribution in [2.24, 2.45) is 11.3 Å². The highest BCUT2D eigenvalue weighted by molar-refractivity contribution is 5.91. The first-order chi connectivity index (χ1) is 13.6. The molecule has 0 aromatic rings. The average molecular weight is 410 g/mol. The zero-order valence-electron chi connectivity index (χ0n) is 16.8. The molecule has 8 heteroatoms. The van der Waals surface area contributed by atoms with Crippen LogP contribution in [0.4, 0.5) is 0 Å². The van der Waals surface area contributed by atoms with E-state index in [9.17, 15) is 25.2 Å². The third-order valence-electron chi connectivity index (χ3n) is 6.51. The van der Waals surface area contributed by atoms with E-state index in [1.807, 2.05) is 13.0 Å². The van der Waals surface area contributed by atoms with Crippen molar-refractivity contribution in [3.05, 3.63) is 36.0 Å². The molecule has 2 unspecified atom stereocenters. The maximum Gasteiger partial charge on any atom is 0.334 e. The minimum atomic E-state index is -1.50. The molecule has 1 saturated carbocycles. The van der Waals surface area contributed by atoms with Crippen LogP contribution in [0.2, 0.25) is 0 Å². The van der Waals surface area contributed by atoms with Crippen molar-refractivity contribution in [3.63, 3.8) is 0 Å². The number of fused-ring (bicyclic) bond motifs is 1. The van der Waals surface area contributed by atoms with Crippen molar-refractivity contribution in [1.82, 2.24) is 0 Å². The van der Waals surface area contributed by atoms with Gasteiger partial charge in [-0.25, -0.2) is 4.79 Å². The maximum absolute atomic E-state index is 11.9. The second-order valence-electron chi connectivity index (χ2n) is 8.38. The van der Waals surface area contributed by atoms with Crippen LogP contribution in [0.1, 0.15) is 26.7 Å². The number of hydrogen-bond donors (Lipinski definition) is 4. The first-order valence-electron chi connectivity index (χ1n) is 9.77. The summed E-state index contributed by atoms with van der Waals surface area (Å²) in [5, 5.41) is 39.2. The lowest BCUT2D eigenvalue weighted by molar-refractivity contribution is -0.299. The number of hydrogen-bond acceptors (Lipinski definition) is 8. The zero-order chi connectivity index (χ0) is 21.5. The maximum atomic E-state index is 11.9. The normalized spacial score (nSPS) is 42.4. The predicted molar refractivity (Wildman–Crippen MR) is 102 cm³/mol. The monoisotopic (exact) mass is 410 g/mol. The molecule has 162 valence electrons. The number of aliphatic hydroxyl groups is 4. The van der Waals surface area contributed by atoms with Gasteiger partial charge in [-0.3, -0.25) is 0 Å². The summed E-state index contributed by atoms with van der Waals surface area (Å²) in [7, 11) is 0. The molecule has 2 aliphatic heterocycles. The molecule has 1 aliphatic carbocycles. The van der Waals surface area contributed by atoms with E-state index in [0.29, 0.717) is 18.4 Å². The van der Waals surface area contributed by atoms with Gasteiger partial charge in [0.25, 0.3) is 0 Å². The highest BCUT2D eigenvalue weighted by Gasteiger charge is 2.48. The topological polar surface area (TPSA) is 126 Å². The van der Waals surface area contributed by atoms with E-state index in [1.165, 1.54) is 0 Å². The smallest absolute Gasteiger partial charge is 0.334 e. The van der Waals surface area contributed by atoms with E-state index in [4.69, 9.17) is 14.2 Å². The fourth-order valence-electron chi connectivity index (χ4n) is 4.44. The summed E-state index contributed by atoms with van der Waals surface area (Å²) in [6, 6.07) is 0. The summed E-state index contributed by atoms with van der Waals surface area (Å²) in [5.74, 6) is -0.360. The standard InChI is InChI=1S/C21H30O8/c1-5-21(4)7-14-12(11(3)19(26)28-14)6-13(21)10(2)9-27-20-18(25)17(24)16(23)15(8-22)29-20/h5,13-18,20,22-25H,1-2,6-9H2,3-4H3/t13-,14-,15?,16+,17-,18?,20+,21+/m0/s1. The van der Waals surface area contributed by atoms with Gasteiger partial charge in [-0.15, -0.1) is 6.58 Å². The van der Waals surface area contributed by atoms with Crippen molar-refractivity contribution in [1.29, 1.82) is 0 Å². The van der Waals surface area contributed by atoms with Gasteiger partial charge in [0.05, 0.1) is 13.2 Å². The molecule has 0 bridgehead atoms. The molecule has 8 atom stereocenters. The molecule has 0 amide bonds. The largest absolute Gasteiger partial charge is 0.454 e. The fourth-order valence-corrected chi connectivity index (χ4v) is 4.44. The number of carbonyl (C=O) groups is 1. The summed E-state index contributed by atoms with van der Waals surface area (Å²) in [6.07, 6.45) is -3.88. The second kappa shape index (κ2) is 8.29. The van der Waals surface area contributed by atoms with E-state index in [0.717, 1.165) is 11.1 Å². The summed E-state index contributed by atoms with van der Waals surface area (Å²) >= 11 is 0. The van der Waals surface area contributed by atoms with Crippen molar-refractivity contribution in [2.75, 3.05) is 13.2 Å². The first-order valence-corrected chi connectivity index (χ1v) is 9.77. The molecule has 2 heterocycles. The van der Waals surface area contributed by atoms with Gasteiger partial charge in [-0.1, -0.05) is 19.6 Å². The minimum Gasteiger partial charge on any atom is -0.454 e. The van der Waals surface area contributed by atoms with Crippen LogP contribution in [0.5, 0.6) is 0 Å². The Kier molecular flexibility index (Phi) is 6.33. The molecular weight excluding hydrogens is 380 g/mol. The predicted octanol–water partition coefficient (Wildman–Crippen LogP) is 0.203. The third kappa shape index (κ3) is 3.93. The molecule has 4 N–H and O–H groups in total. The molecule has 3 rings (SSSR count). The van der Waals surface area contributed by atoms with Crippen molar-refractivity contribution in [3.8, 4) is 0 Å². The summed E-state index contributed by atoms with van der Waals surface area (Å²) in [5.41, 5.74) is 1.96. The number of aliphatic hydroxyl groups excluding tert-OH is 4. The Bertz CT molecular complexity index is 713. The average Bonchev–Trinajstić information content (AvgIpc) is 2.97. The molecule has 0 spiro atoms. The van der Waals surface area contributed by atoms with Gasteiger partial charge < -0.3 is 34.6 Å². The van der Waals surface area contributed by atoms with E-state index in [2.05, 4.69) is 13.2 Å². The zero-order valence-corrected chi connectivity index (χ0v) is 16.8. The lowest BCUT2D eigenvalue weighted by atomic mass is 9.62. The molecule has 2 fully saturated rings. The molecule has 0 radical (unpaired) electrons. The van der Waals surface area contributed by atoms with Crippen molar-refractivity contribution in [2.45, 2.75) is 63.5 Å². The Balaban J connectivity index is 1.70. The lowest BCUT2D eigenvalue weighted by Crippen LogP contribution is -2.59. The van der Waals surface area contributed by atoms with E-state index >= 15 is 0 Å². The number of allylic oxidation sites excluding steroid dienone is 1. The highest BCUT2D eigenvalue weighted by Crippen LogP contribution is 2.50. The second-order valence-corrected chi connectivity index (χ2v) is 8.38. The van der Waals surface area contributed by atoms with Crippen molar-refractivity contribution >= 4 is 5.97 Å². The van der Waals surface area contributed by atoms with Crippen LogP contribution in [0, 0.1) is 11.3 Å². The summed E-state index contributed by atoms with van der Waals surface area (Å²) < 4.78 is 16.5. The summed E-state index contributed by atoms with van der Waals surface area (Å²) in [4.78, 5) is 11.9. The number of rotatable bonds is 6. The van der Waals surface area contributed by atoms with Crippen LogP contribution < -0.4 is 0 Å². The van der Waals surface area contributed by atoms with Gasteiger partial charge in [0, 0.05) is 5.57 Å². The van der Waals surface area contributed by atoms with E-state index in [1.54, 1.807) is 6.92 Å². The third-order valence-corrected chi connectivity index (χ3v) is 6.51. The van der Waals surface area contributed by atoms with Gasteiger partial charge in [0.1, 0.15) is 30.5 Å². The van der Waals surface area contributed by atoms with Crippen LogP contribution in [0.25, 0.3) is 0 Å². The Labute approximate surface area is 170 Å². The van der Waals surface area contributed by atoms with Crippen LogP contribution >= 0.6 is 0 Å². The molecule has 3 aliphatic rings. The van der Waals surface area contributed by atoms with Gasteiger partial charge in [0.2, 0.25) is 0 Å². The summed E-state index contributed by atoms with van der Waals surface area (Å²) in [6.45, 7) is 11.4. The number of ether oxygens (including phenoxy) is 3. The first kappa shape index (κ1) is 22.1. The molecular formula is C21H30O8. The van der Waals surface area contributed by atoms with Crippen molar-refractivity contribution < 1.29 is 39.4 Å².